The molecule has 0 saturated carbocycles. The number of hydrogen-bond donors (Lipinski definition) is 1. The molecule has 6 nitrogen and oxygen atoms in total. The van der Waals surface area contributed by atoms with Crippen molar-refractivity contribution in [1.82, 2.24) is 4.90 Å². The maximum absolute atomic E-state index is 13.1. The maximum Gasteiger partial charge on any atom is 0.416 e. The second-order valence-corrected chi connectivity index (χ2v) is 8.59. The molecule has 162 valence electrons. The Balaban J connectivity index is 1.71. The normalized spacial score (nSPS) is 17.6. The van der Waals surface area contributed by atoms with E-state index in [1.807, 2.05) is 0 Å². The highest BCUT2D eigenvalue weighted by Gasteiger charge is 2.33. The summed E-state index contributed by atoms with van der Waals surface area (Å²) in [5.41, 5.74) is -0.306. The summed E-state index contributed by atoms with van der Waals surface area (Å²) in [4.78, 5) is 14.2. The zero-order valence-corrected chi connectivity index (χ0v) is 16.7. The van der Waals surface area contributed by atoms with Gasteiger partial charge in [-0.25, -0.2) is 13.6 Å². The van der Waals surface area contributed by atoms with Crippen LogP contribution in [0.3, 0.4) is 0 Å². The Bertz CT molecular complexity index is 1010. The number of alkyl halides is 3. The molecule has 1 atom stereocenters. The average Bonchev–Trinajstić information content (AvgIpc) is 2.71. The predicted molar refractivity (Wildman–Crippen MR) is 103 cm³/mol. The third-order valence-corrected chi connectivity index (χ3v) is 5.87. The van der Waals surface area contributed by atoms with Crippen molar-refractivity contribution in [2.75, 3.05) is 13.2 Å². The number of rotatable bonds is 5. The number of carbonyl (C=O) groups is 1. The van der Waals surface area contributed by atoms with Crippen LogP contribution < -0.4 is 9.88 Å². The van der Waals surface area contributed by atoms with Gasteiger partial charge in [0.05, 0.1) is 16.5 Å². The highest BCUT2D eigenvalue weighted by Crippen LogP contribution is 2.35. The molecule has 0 radical (unpaired) electrons. The lowest BCUT2D eigenvalue weighted by Gasteiger charge is -2.36. The van der Waals surface area contributed by atoms with Gasteiger partial charge in [-0.15, -0.1) is 0 Å². The predicted octanol–water partition coefficient (Wildman–Crippen LogP) is 3.49. The van der Waals surface area contributed by atoms with Gasteiger partial charge in [-0.1, -0.05) is 12.1 Å². The summed E-state index contributed by atoms with van der Waals surface area (Å²) in [6.07, 6.45) is -2.33. The van der Waals surface area contributed by atoms with E-state index in [-0.39, 0.29) is 23.2 Å². The number of likely N-dealkylation sites (tertiary alicyclic amines) is 1. The molecule has 1 unspecified atom stereocenters. The quantitative estimate of drug-likeness (QED) is 0.768. The Morgan fingerprint density at radius 2 is 1.83 bits per heavy atom. The maximum atomic E-state index is 13.1. The number of amides is 1. The van der Waals surface area contributed by atoms with Gasteiger partial charge < -0.3 is 9.64 Å². The Hall–Kier alpha value is -2.59. The van der Waals surface area contributed by atoms with E-state index >= 15 is 0 Å². The van der Waals surface area contributed by atoms with E-state index in [0.717, 1.165) is 25.0 Å². The molecule has 1 saturated heterocycles. The molecule has 1 fully saturated rings. The molecular formula is C20H21F3N2O4S. The molecule has 10 heteroatoms. The zero-order chi connectivity index (χ0) is 21.9. The van der Waals surface area contributed by atoms with Crippen molar-refractivity contribution in [2.45, 2.75) is 36.4 Å². The Morgan fingerprint density at radius 1 is 1.13 bits per heavy atom. The van der Waals surface area contributed by atoms with Gasteiger partial charge in [0.1, 0.15) is 5.75 Å². The van der Waals surface area contributed by atoms with Crippen molar-refractivity contribution < 1.29 is 31.1 Å². The lowest BCUT2D eigenvalue weighted by atomic mass is 9.94. The van der Waals surface area contributed by atoms with Crippen LogP contribution in [-0.4, -0.2) is 32.4 Å². The monoisotopic (exact) mass is 442 g/mol. The summed E-state index contributed by atoms with van der Waals surface area (Å²) in [5, 5.41) is 5.03. The van der Waals surface area contributed by atoms with E-state index in [2.05, 4.69) is 0 Å². The van der Waals surface area contributed by atoms with Crippen LogP contribution >= 0.6 is 0 Å². The minimum absolute atomic E-state index is 0.0817. The molecule has 0 aromatic heterocycles. The number of nitrogens with two attached hydrogens (primary N) is 1. The number of sulfonamides is 1. The topological polar surface area (TPSA) is 89.7 Å². The summed E-state index contributed by atoms with van der Waals surface area (Å²) in [6.45, 7) is 0.109. The van der Waals surface area contributed by atoms with Gasteiger partial charge in [-0.05, 0) is 61.2 Å². The van der Waals surface area contributed by atoms with Crippen LogP contribution in [0.1, 0.15) is 36.4 Å². The molecule has 0 aliphatic carbocycles. The lowest BCUT2D eigenvalue weighted by molar-refractivity contribution is -0.137. The second-order valence-electron chi connectivity index (χ2n) is 7.03. The van der Waals surface area contributed by atoms with Gasteiger partial charge in [0.2, 0.25) is 10.0 Å². The summed E-state index contributed by atoms with van der Waals surface area (Å²) in [6, 6.07) is 9.87. The first-order valence-corrected chi connectivity index (χ1v) is 10.8. The molecule has 2 aromatic carbocycles. The minimum Gasteiger partial charge on any atom is -0.484 e. The first kappa shape index (κ1) is 22.1. The Kier molecular flexibility index (Phi) is 6.37. The third-order valence-electron chi connectivity index (χ3n) is 4.94. The van der Waals surface area contributed by atoms with Crippen LogP contribution in [0.15, 0.2) is 53.4 Å². The highest BCUT2D eigenvalue weighted by atomic mass is 32.2. The number of primary sulfonamides is 1. The van der Waals surface area contributed by atoms with E-state index in [1.165, 1.54) is 35.2 Å². The summed E-state index contributed by atoms with van der Waals surface area (Å²) in [5.74, 6) is -0.0731. The van der Waals surface area contributed by atoms with Crippen LogP contribution in [0.4, 0.5) is 13.2 Å². The van der Waals surface area contributed by atoms with Gasteiger partial charge in [-0.3, -0.25) is 4.79 Å². The molecule has 2 N–H and O–H groups in total. The van der Waals surface area contributed by atoms with E-state index in [0.29, 0.717) is 18.5 Å². The van der Waals surface area contributed by atoms with E-state index in [9.17, 15) is 26.4 Å². The molecule has 1 amide bonds. The zero-order valence-electron chi connectivity index (χ0n) is 15.9. The molecule has 1 aliphatic rings. The number of nitrogens with zero attached hydrogens (tertiary/aromatic N) is 1. The van der Waals surface area contributed by atoms with Crippen LogP contribution in [0.2, 0.25) is 0 Å². The third kappa shape index (κ3) is 5.31. The summed E-state index contributed by atoms with van der Waals surface area (Å²) in [7, 11) is -3.83. The molecule has 3 rings (SSSR count). The number of ether oxygens (including phenoxy) is 1. The van der Waals surface area contributed by atoms with Crippen molar-refractivity contribution in [2.24, 2.45) is 5.14 Å². The van der Waals surface area contributed by atoms with Crippen molar-refractivity contribution in [3.8, 4) is 5.75 Å². The Labute approximate surface area is 172 Å². The fourth-order valence-electron chi connectivity index (χ4n) is 3.45. The molecule has 0 bridgehead atoms. The molecule has 0 spiro atoms. The fourth-order valence-corrected chi connectivity index (χ4v) is 3.97. The fraction of sp³-hybridized carbons (Fsp3) is 0.350. The van der Waals surface area contributed by atoms with Crippen molar-refractivity contribution in [3.05, 3.63) is 59.7 Å². The standard InChI is InChI=1S/C20H21F3N2O4S/c21-20(22,23)15-5-3-4-14(12-15)18-6-1-2-11-25(18)19(26)13-29-16-7-9-17(10-8-16)30(24,27)28/h3-5,7-10,12,18H,1-2,6,11,13H2,(H2,24,27,28). The number of carbonyl (C=O) groups excluding carboxylic acids is 1. The minimum atomic E-state index is -4.45. The van der Waals surface area contributed by atoms with Gasteiger partial charge >= 0.3 is 6.18 Å². The number of piperidine rings is 1. The lowest BCUT2D eigenvalue weighted by Crippen LogP contribution is -2.41. The van der Waals surface area contributed by atoms with E-state index in [4.69, 9.17) is 9.88 Å². The SMILES string of the molecule is NS(=O)(=O)c1ccc(OCC(=O)N2CCCCC2c2cccc(C(F)(F)F)c2)cc1. The van der Waals surface area contributed by atoms with Crippen LogP contribution in [0.25, 0.3) is 0 Å². The van der Waals surface area contributed by atoms with Crippen LogP contribution in [-0.2, 0) is 21.0 Å². The molecular weight excluding hydrogens is 421 g/mol. The van der Waals surface area contributed by atoms with E-state index < -0.39 is 27.8 Å². The second kappa shape index (κ2) is 8.65. The van der Waals surface area contributed by atoms with Gasteiger partial charge in [0.25, 0.3) is 5.91 Å². The summed E-state index contributed by atoms with van der Waals surface area (Å²) >= 11 is 0. The smallest absolute Gasteiger partial charge is 0.416 e. The first-order chi connectivity index (χ1) is 14.1. The molecule has 2 aromatic rings. The number of halogens is 3. The molecule has 30 heavy (non-hydrogen) atoms. The van der Waals surface area contributed by atoms with Gasteiger partial charge in [0, 0.05) is 6.54 Å². The Morgan fingerprint density at radius 3 is 2.47 bits per heavy atom. The molecule has 1 aliphatic heterocycles. The van der Waals surface area contributed by atoms with Crippen molar-refractivity contribution in [1.29, 1.82) is 0 Å². The average molecular weight is 442 g/mol. The highest BCUT2D eigenvalue weighted by molar-refractivity contribution is 7.89. The molecule has 1 heterocycles. The number of hydrogen-bond acceptors (Lipinski definition) is 4. The first-order valence-electron chi connectivity index (χ1n) is 9.28. The van der Waals surface area contributed by atoms with Crippen LogP contribution in [0.5, 0.6) is 5.75 Å². The number of benzene rings is 2. The summed E-state index contributed by atoms with van der Waals surface area (Å²) < 4.78 is 67.2. The van der Waals surface area contributed by atoms with Gasteiger partial charge in [-0.2, -0.15) is 13.2 Å². The van der Waals surface area contributed by atoms with Gasteiger partial charge in [0.15, 0.2) is 6.61 Å². The van der Waals surface area contributed by atoms with Crippen LogP contribution in [0, 0.1) is 0 Å². The largest absolute Gasteiger partial charge is 0.484 e. The van der Waals surface area contributed by atoms with Crippen molar-refractivity contribution in [3.63, 3.8) is 0 Å². The van der Waals surface area contributed by atoms with E-state index in [1.54, 1.807) is 6.07 Å². The van der Waals surface area contributed by atoms with Crippen molar-refractivity contribution >= 4 is 15.9 Å².